The van der Waals surface area contributed by atoms with E-state index in [2.05, 4.69) is 6.92 Å². The summed E-state index contributed by atoms with van der Waals surface area (Å²) in [6.45, 7) is 7.34. The molecule has 3 heteroatoms. The van der Waals surface area contributed by atoms with E-state index in [0.29, 0.717) is 11.3 Å². The molecule has 0 spiro atoms. The number of rotatable bonds is 3. The fourth-order valence-corrected chi connectivity index (χ4v) is 2.87. The van der Waals surface area contributed by atoms with Crippen LogP contribution in [0.1, 0.15) is 17.5 Å². The zero-order valence-electron chi connectivity index (χ0n) is 8.58. The lowest BCUT2D eigenvalue weighted by Crippen LogP contribution is -2.07. The lowest BCUT2D eigenvalue weighted by molar-refractivity contribution is 0.595. The van der Waals surface area contributed by atoms with Gasteiger partial charge in [-0.25, -0.2) is 8.42 Å². The zero-order chi connectivity index (χ0) is 10.8. The van der Waals surface area contributed by atoms with Crippen LogP contribution in [-0.4, -0.2) is 14.2 Å². The van der Waals surface area contributed by atoms with Crippen LogP contribution in [0.4, 0.5) is 0 Å². The Morgan fingerprint density at radius 3 is 2.43 bits per heavy atom. The maximum absolute atomic E-state index is 11.7. The summed E-state index contributed by atoms with van der Waals surface area (Å²) in [6.07, 6.45) is 0.412. The van der Waals surface area contributed by atoms with Crippen LogP contribution in [0.15, 0.2) is 23.1 Å². The van der Waals surface area contributed by atoms with Crippen molar-refractivity contribution >= 4 is 9.84 Å². The van der Waals surface area contributed by atoms with Gasteiger partial charge in [0.1, 0.15) is 0 Å². The maximum Gasteiger partial charge on any atom is 0.178 e. The first-order valence-corrected chi connectivity index (χ1v) is 6.22. The Labute approximate surface area is 85.9 Å². The Bertz CT molecular complexity index is 419. The summed E-state index contributed by atoms with van der Waals surface area (Å²) in [5.74, 6) is 0.122. The van der Waals surface area contributed by atoms with E-state index in [1.807, 2.05) is 26.0 Å². The topological polar surface area (TPSA) is 34.1 Å². The normalized spacial score (nSPS) is 11.6. The number of sulfone groups is 1. The van der Waals surface area contributed by atoms with Crippen LogP contribution >= 0.6 is 0 Å². The van der Waals surface area contributed by atoms with E-state index in [4.69, 9.17) is 0 Å². The molecule has 1 radical (unpaired) electrons. The van der Waals surface area contributed by atoms with E-state index in [0.717, 1.165) is 11.1 Å². The van der Waals surface area contributed by atoms with Crippen LogP contribution in [-0.2, 0) is 9.84 Å². The fourth-order valence-electron chi connectivity index (χ4n) is 1.45. The van der Waals surface area contributed by atoms with Crippen molar-refractivity contribution in [3.8, 4) is 0 Å². The van der Waals surface area contributed by atoms with Gasteiger partial charge < -0.3 is 0 Å². The third-order valence-corrected chi connectivity index (χ3v) is 4.03. The predicted octanol–water partition coefficient (Wildman–Crippen LogP) is 2.30. The molecule has 0 N–H and O–H groups in total. The van der Waals surface area contributed by atoms with E-state index in [9.17, 15) is 8.42 Å². The van der Waals surface area contributed by atoms with Gasteiger partial charge in [0.25, 0.3) is 0 Å². The minimum atomic E-state index is -3.12. The van der Waals surface area contributed by atoms with Crippen molar-refractivity contribution < 1.29 is 8.42 Å². The Balaban J connectivity index is 3.20. The molecule has 77 valence electrons. The van der Waals surface area contributed by atoms with Gasteiger partial charge in [-0.2, -0.15) is 0 Å². The molecule has 0 aromatic heterocycles. The third kappa shape index (κ3) is 2.35. The van der Waals surface area contributed by atoms with E-state index in [1.54, 1.807) is 6.07 Å². The van der Waals surface area contributed by atoms with Crippen molar-refractivity contribution in [2.75, 3.05) is 5.75 Å². The summed E-state index contributed by atoms with van der Waals surface area (Å²) < 4.78 is 23.4. The van der Waals surface area contributed by atoms with Gasteiger partial charge in [0.2, 0.25) is 0 Å². The average molecular weight is 211 g/mol. The quantitative estimate of drug-likeness (QED) is 0.768. The molecule has 0 fully saturated rings. The van der Waals surface area contributed by atoms with Gasteiger partial charge in [0.05, 0.1) is 10.6 Å². The van der Waals surface area contributed by atoms with Gasteiger partial charge in [-0.05, 0) is 31.9 Å². The molecule has 0 amide bonds. The second kappa shape index (κ2) is 4.13. The highest BCUT2D eigenvalue weighted by molar-refractivity contribution is 7.91. The molecule has 0 saturated carbocycles. The van der Waals surface area contributed by atoms with E-state index >= 15 is 0 Å². The van der Waals surface area contributed by atoms with Gasteiger partial charge in [0, 0.05) is 0 Å². The summed E-state index contributed by atoms with van der Waals surface area (Å²) >= 11 is 0. The standard InChI is InChI=1S/C11H15O2S/c1-4-7-14(12,13)11-6-5-9(2)8-10(11)3/h5-6,8H,1,4,7H2,2-3H3. The van der Waals surface area contributed by atoms with Crippen molar-refractivity contribution in [2.24, 2.45) is 0 Å². The number of benzene rings is 1. The van der Waals surface area contributed by atoms with Crippen molar-refractivity contribution in [2.45, 2.75) is 25.2 Å². The molecule has 0 aliphatic heterocycles. The van der Waals surface area contributed by atoms with Crippen molar-refractivity contribution in [1.82, 2.24) is 0 Å². The minimum absolute atomic E-state index is 0.122. The first-order valence-electron chi connectivity index (χ1n) is 4.56. The van der Waals surface area contributed by atoms with E-state index in [-0.39, 0.29) is 5.75 Å². The monoisotopic (exact) mass is 211 g/mol. The highest BCUT2D eigenvalue weighted by Crippen LogP contribution is 2.18. The van der Waals surface area contributed by atoms with Crippen LogP contribution in [0.25, 0.3) is 0 Å². The van der Waals surface area contributed by atoms with Crippen LogP contribution < -0.4 is 0 Å². The Kier molecular flexibility index (Phi) is 3.32. The van der Waals surface area contributed by atoms with Crippen LogP contribution in [0, 0.1) is 20.8 Å². The molecule has 14 heavy (non-hydrogen) atoms. The van der Waals surface area contributed by atoms with Gasteiger partial charge >= 0.3 is 0 Å². The Morgan fingerprint density at radius 1 is 1.29 bits per heavy atom. The molecular formula is C11H15O2S. The molecule has 0 aliphatic carbocycles. The van der Waals surface area contributed by atoms with Crippen LogP contribution in [0.5, 0.6) is 0 Å². The second-order valence-corrected chi connectivity index (χ2v) is 5.52. The molecule has 0 unspecified atom stereocenters. The van der Waals surface area contributed by atoms with E-state index in [1.165, 1.54) is 0 Å². The van der Waals surface area contributed by atoms with Crippen LogP contribution in [0.2, 0.25) is 0 Å². The van der Waals surface area contributed by atoms with Crippen molar-refractivity contribution in [3.63, 3.8) is 0 Å². The second-order valence-electron chi connectivity index (χ2n) is 3.44. The molecular weight excluding hydrogens is 196 g/mol. The van der Waals surface area contributed by atoms with E-state index < -0.39 is 9.84 Å². The SMILES string of the molecule is [CH2]CCS(=O)(=O)c1ccc(C)cc1C. The zero-order valence-corrected chi connectivity index (χ0v) is 9.39. The summed E-state index contributed by atoms with van der Waals surface area (Å²) in [6, 6.07) is 5.38. The van der Waals surface area contributed by atoms with Crippen LogP contribution in [0.3, 0.4) is 0 Å². The third-order valence-electron chi connectivity index (χ3n) is 2.08. The molecule has 1 rings (SSSR count). The maximum atomic E-state index is 11.7. The highest BCUT2D eigenvalue weighted by Gasteiger charge is 2.15. The molecule has 0 bridgehead atoms. The first kappa shape index (κ1) is 11.2. The highest BCUT2D eigenvalue weighted by atomic mass is 32.2. The molecule has 1 aromatic carbocycles. The summed E-state index contributed by atoms with van der Waals surface area (Å²) in [5.41, 5.74) is 1.90. The Morgan fingerprint density at radius 2 is 1.93 bits per heavy atom. The average Bonchev–Trinajstić information content (AvgIpc) is 2.02. The molecule has 0 aliphatic rings. The fraction of sp³-hybridized carbons (Fsp3) is 0.364. The van der Waals surface area contributed by atoms with Gasteiger partial charge in [-0.15, -0.1) is 0 Å². The van der Waals surface area contributed by atoms with Crippen molar-refractivity contribution in [1.29, 1.82) is 0 Å². The van der Waals surface area contributed by atoms with Crippen molar-refractivity contribution in [3.05, 3.63) is 36.2 Å². The molecule has 2 nitrogen and oxygen atoms in total. The molecule has 0 atom stereocenters. The Hall–Kier alpha value is -0.830. The minimum Gasteiger partial charge on any atom is -0.224 e. The summed E-state index contributed by atoms with van der Waals surface area (Å²) in [7, 11) is -3.12. The first-order chi connectivity index (χ1) is 6.47. The molecule has 0 heterocycles. The number of aryl methyl sites for hydroxylation is 2. The summed E-state index contributed by atoms with van der Waals surface area (Å²) in [4.78, 5) is 0.437. The number of hydrogen-bond donors (Lipinski definition) is 0. The van der Waals surface area contributed by atoms with Gasteiger partial charge in [-0.1, -0.05) is 24.6 Å². The van der Waals surface area contributed by atoms with Gasteiger partial charge in [0.15, 0.2) is 9.84 Å². The smallest absolute Gasteiger partial charge is 0.178 e. The number of hydrogen-bond acceptors (Lipinski definition) is 2. The summed E-state index contributed by atoms with van der Waals surface area (Å²) in [5, 5.41) is 0. The molecule has 1 aromatic rings. The largest absolute Gasteiger partial charge is 0.224 e. The lowest BCUT2D eigenvalue weighted by atomic mass is 10.2. The lowest BCUT2D eigenvalue weighted by Gasteiger charge is -2.06. The molecule has 0 saturated heterocycles. The predicted molar refractivity (Wildman–Crippen MR) is 57.9 cm³/mol. The van der Waals surface area contributed by atoms with Gasteiger partial charge in [-0.3, -0.25) is 0 Å².